The van der Waals surface area contributed by atoms with Crippen LogP contribution in [-0.2, 0) is 0 Å². The second-order valence-electron chi connectivity index (χ2n) is 1.89. The van der Waals surface area contributed by atoms with Gasteiger partial charge in [-0.25, -0.2) is 0 Å². The van der Waals surface area contributed by atoms with Crippen molar-refractivity contribution in [2.24, 2.45) is 0 Å². The van der Waals surface area contributed by atoms with Crippen LogP contribution >= 0.6 is 0 Å². The molecule has 0 rings (SSSR count). The molecule has 1 heteroatoms. The molecule has 0 amide bonds. The maximum absolute atomic E-state index is 6.73. The minimum atomic E-state index is 1.06. The first kappa shape index (κ1) is 8.15. The van der Waals surface area contributed by atoms with Crippen LogP contribution in [0.4, 0.5) is 0 Å². The molecule has 0 fully saturated rings. The monoisotopic (exact) mass is 123 g/mol. The van der Waals surface area contributed by atoms with E-state index in [1.807, 2.05) is 13.0 Å². The Morgan fingerprint density at radius 2 is 2.22 bits per heavy atom. The van der Waals surface area contributed by atoms with Gasteiger partial charge in [-0.05, 0) is 25.0 Å². The van der Waals surface area contributed by atoms with E-state index < -0.39 is 0 Å². The van der Waals surface area contributed by atoms with Crippen LogP contribution in [0.5, 0.6) is 0 Å². The molecule has 0 aliphatic heterocycles. The molecule has 0 aromatic heterocycles. The van der Waals surface area contributed by atoms with Gasteiger partial charge < -0.3 is 5.41 Å². The van der Waals surface area contributed by atoms with Gasteiger partial charge in [0.15, 0.2) is 0 Å². The van der Waals surface area contributed by atoms with E-state index in [0.717, 1.165) is 12.0 Å². The minimum Gasteiger partial charge on any atom is -0.309 e. The van der Waals surface area contributed by atoms with Crippen LogP contribution in [0.1, 0.15) is 20.3 Å². The summed E-state index contributed by atoms with van der Waals surface area (Å²) in [5.41, 5.74) is 1.13. The Kier molecular flexibility index (Phi) is 4.79. The van der Waals surface area contributed by atoms with Gasteiger partial charge in [0.2, 0.25) is 0 Å². The third kappa shape index (κ3) is 5.01. The van der Waals surface area contributed by atoms with E-state index in [0.29, 0.717) is 0 Å². The molecule has 0 aliphatic carbocycles. The number of hydrogen-bond donors (Lipinski definition) is 1. The van der Waals surface area contributed by atoms with E-state index in [4.69, 9.17) is 5.41 Å². The molecule has 0 aromatic carbocycles. The Hall–Kier alpha value is -0.850. The van der Waals surface area contributed by atoms with Gasteiger partial charge in [-0.2, -0.15) is 0 Å². The number of rotatable bonds is 3. The molecule has 0 saturated carbocycles. The predicted octanol–water partition coefficient (Wildman–Crippen LogP) is 2.55. The number of hydrogen-bond acceptors (Lipinski definition) is 1. The van der Waals surface area contributed by atoms with E-state index >= 15 is 0 Å². The average Bonchev–Trinajstić information content (AvgIpc) is 1.85. The zero-order valence-electron chi connectivity index (χ0n) is 6.02. The first-order valence-electron chi connectivity index (χ1n) is 3.15. The molecule has 9 heavy (non-hydrogen) atoms. The summed E-state index contributed by atoms with van der Waals surface area (Å²) >= 11 is 0. The topological polar surface area (TPSA) is 23.9 Å². The van der Waals surface area contributed by atoms with Crippen LogP contribution < -0.4 is 0 Å². The SMILES string of the molecule is CC/C=C\C(C)=C/C=N. The quantitative estimate of drug-likeness (QED) is 0.440. The van der Waals surface area contributed by atoms with E-state index in [1.54, 1.807) is 6.08 Å². The van der Waals surface area contributed by atoms with Gasteiger partial charge in [-0.1, -0.05) is 19.1 Å². The minimum absolute atomic E-state index is 1.06. The summed E-state index contributed by atoms with van der Waals surface area (Å²) in [7, 11) is 0. The van der Waals surface area contributed by atoms with Crippen molar-refractivity contribution in [3.05, 3.63) is 23.8 Å². The molecule has 0 bridgehead atoms. The first-order chi connectivity index (χ1) is 4.31. The van der Waals surface area contributed by atoms with Crippen LogP contribution in [0, 0.1) is 5.41 Å². The van der Waals surface area contributed by atoms with Crippen molar-refractivity contribution in [1.29, 1.82) is 5.41 Å². The lowest BCUT2D eigenvalue weighted by molar-refractivity contribution is 1.22. The van der Waals surface area contributed by atoms with E-state index in [-0.39, 0.29) is 0 Å². The fraction of sp³-hybridized carbons (Fsp3) is 0.375. The summed E-state index contributed by atoms with van der Waals surface area (Å²) in [6, 6.07) is 0. The van der Waals surface area contributed by atoms with Gasteiger partial charge in [0.1, 0.15) is 0 Å². The molecule has 0 unspecified atom stereocenters. The van der Waals surface area contributed by atoms with Gasteiger partial charge in [-0.15, -0.1) is 0 Å². The highest BCUT2D eigenvalue weighted by Crippen LogP contribution is 1.93. The van der Waals surface area contributed by atoms with Crippen LogP contribution in [0.3, 0.4) is 0 Å². The van der Waals surface area contributed by atoms with Crippen molar-refractivity contribution in [1.82, 2.24) is 0 Å². The highest BCUT2D eigenvalue weighted by Gasteiger charge is 1.74. The molecular weight excluding hydrogens is 110 g/mol. The highest BCUT2D eigenvalue weighted by atomic mass is 14.3. The summed E-state index contributed by atoms with van der Waals surface area (Å²) in [5.74, 6) is 0. The van der Waals surface area contributed by atoms with Crippen molar-refractivity contribution in [2.75, 3.05) is 0 Å². The van der Waals surface area contributed by atoms with E-state index in [2.05, 4.69) is 13.0 Å². The molecule has 0 radical (unpaired) electrons. The van der Waals surface area contributed by atoms with Crippen LogP contribution in [0.25, 0.3) is 0 Å². The van der Waals surface area contributed by atoms with Crippen LogP contribution in [-0.4, -0.2) is 6.21 Å². The van der Waals surface area contributed by atoms with Gasteiger partial charge in [0, 0.05) is 6.21 Å². The lowest BCUT2D eigenvalue weighted by Gasteiger charge is -1.84. The third-order valence-corrected chi connectivity index (χ3v) is 0.963. The first-order valence-corrected chi connectivity index (χ1v) is 3.15. The summed E-state index contributed by atoms with van der Waals surface area (Å²) in [5, 5.41) is 6.73. The smallest absolute Gasteiger partial charge is 0.0180 e. The highest BCUT2D eigenvalue weighted by molar-refractivity contribution is 5.69. The maximum Gasteiger partial charge on any atom is 0.0180 e. The number of allylic oxidation sites excluding steroid dienone is 4. The second kappa shape index (κ2) is 5.29. The van der Waals surface area contributed by atoms with Crippen molar-refractivity contribution >= 4 is 6.21 Å². The summed E-state index contributed by atoms with van der Waals surface area (Å²) in [6.45, 7) is 4.07. The second-order valence-corrected chi connectivity index (χ2v) is 1.89. The Labute approximate surface area is 56.6 Å². The normalized spacial score (nSPS) is 12.4. The van der Waals surface area contributed by atoms with Crippen molar-refractivity contribution in [3.63, 3.8) is 0 Å². The molecule has 1 N–H and O–H groups in total. The summed E-state index contributed by atoms with van der Waals surface area (Å²) < 4.78 is 0. The molecular formula is C8H13N. The predicted molar refractivity (Wildman–Crippen MR) is 42.0 cm³/mol. The summed E-state index contributed by atoms with van der Waals surface area (Å²) in [6.07, 6.45) is 8.23. The van der Waals surface area contributed by atoms with Crippen molar-refractivity contribution < 1.29 is 0 Å². The van der Waals surface area contributed by atoms with Gasteiger partial charge in [0.25, 0.3) is 0 Å². The molecule has 0 aromatic rings. The van der Waals surface area contributed by atoms with Gasteiger partial charge in [0.05, 0.1) is 0 Å². The lowest BCUT2D eigenvalue weighted by Crippen LogP contribution is -1.67. The Morgan fingerprint density at radius 1 is 1.56 bits per heavy atom. The molecule has 0 spiro atoms. The van der Waals surface area contributed by atoms with Gasteiger partial charge >= 0.3 is 0 Å². The molecule has 0 saturated heterocycles. The summed E-state index contributed by atoms with van der Waals surface area (Å²) in [4.78, 5) is 0. The molecule has 1 nitrogen and oxygen atoms in total. The zero-order valence-corrected chi connectivity index (χ0v) is 6.02. The fourth-order valence-electron chi connectivity index (χ4n) is 0.491. The zero-order chi connectivity index (χ0) is 7.11. The average molecular weight is 123 g/mol. The van der Waals surface area contributed by atoms with Crippen LogP contribution in [0.15, 0.2) is 23.8 Å². The molecule has 50 valence electrons. The van der Waals surface area contributed by atoms with E-state index in [1.165, 1.54) is 6.21 Å². The van der Waals surface area contributed by atoms with Crippen molar-refractivity contribution in [3.8, 4) is 0 Å². The lowest BCUT2D eigenvalue weighted by atomic mass is 10.2. The van der Waals surface area contributed by atoms with E-state index in [9.17, 15) is 0 Å². The third-order valence-electron chi connectivity index (χ3n) is 0.963. The Balaban J connectivity index is 3.74. The largest absolute Gasteiger partial charge is 0.309 e. The standard InChI is InChI=1S/C8H13N/c1-3-4-5-8(2)6-7-9/h4-7,9H,3H2,1-2H3/b5-4-,8-6-,9-7?. The number of nitrogens with one attached hydrogen (secondary N) is 1. The molecule has 0 aliphatic rings. The van der Waals surface area contributed by atoms with Gasteiger partial charge in [-0.3, -0.25) is 0 Å². The maximum atomic E-state index is 6.73. The Bertz CT molecular complexity index is 132. The molecule has 0 atom stereocenters. The van der Waals surface area contributed by atoms with Crippen LogP contribution in [0.2, 0.25) is 0 Å². The molecule has 0 heterocycles. The fourth-order valence-corrected chi connectivity index (χ4v) is 0.491. The van der Waals surface area contributed by atoms with Crippen molar-refractivity contribution in [2.45, 2.75) is 20.3 Å². The Morgan fingerprint density at radius 3 is 2.67 bits per heavy atom.